The van der Waals surface area contributed by atoms with E-state index in [1.165, 1.54) is 38.5 Å². The highest BCUT2D eigenvalue weighted by Gasteiger charge is 2.22. The third-order valence-corrected chi connectivity index (χ3v) is 6.92. The van der Waals surface area contributed by atoms with Crippen molar-refractivity contribution in [3.8, 4) is 0 Å². The lowest BCUT2D eigenvalue weighted by atomic mass is 10.1. The summed E-state index contributed by atoms with van der Waals surface area (Å²) in [4.78, 5) is 42.3. The molecule has 0 fully saturated rings. The first-order chi connectivity index (χ1) is 20.7. The first-order valence-electron chi connectivity index (χ1n) is 16.0. The lowest BCUT2D eigenvalue weighted by Crippen LogP contribution is -2.29. The Bertz CT molecular complexity index is 860. The Morgan fingerprint density at radius 3 is 2.07 bits per heavy atom. The van der Waals surface area contributed by atoms with Crippen molar-refractivity contribution in [1.82, 2.24) is 0 Å². The summed E-state index contributed by atoms with van der Waals surface area (Å²) >= 11 is 0. The maximum atomic E-state index is 12.2. The summed E-state index contributed by atoms with van der Waals surface area (Å²) in [6.45, 7) is 3.43. The van der Waals surface area contributed by atoms with Crippen molar-refractivity contribution in [2.24, 2.45) is 0 Å². The number of carbonyl (C=O) groups is 2. The van der Waals surface area contributed by atoms with Gasteiger partial charge in [-0.25, -0.2) is 4.57 Å². The van der Waals surface area contributed by atoms with Crippen molar-refractivity contribution in [2.75, 3.05) is 13.2 Å². The molecule has 0 aromatic carbocycles. The molecular weight excluding hydrogens is 571 g/mol. The van der Waals surface area contributed by atoms with E-state index in [0.29, 0.717) is 25.7 Å². The Labute approximate surface area is 259 Å². The molecule has 0 bridgehead atoms. The van der Waals surface area contributed by atoms with E-state index in [1.807, 2.05) is 18.2 Å². The van der Waals surface area contributed by atoms with E-state index in [4.69, 9.17) is 19.3 Å². The Morgan fingerprint density at radius 2 is 1.35 bits per heavy atom. The summed E-state index contributed by atoms with van der Waals surface area (Å²) in [6.07, 6.45) is 28.9. The van der Waals surface area contributed by atoms with Gasteiger partial charge in [0.15, 0.2) is 6.10 Å². The average molecular weight is 629 g/mol. The second kappa shape index (κ2) is 28.7. The molecule has 0 aliphatic rings. The molecule has 1 unspecified atom stereocenters. The summed E-state index contributed by atoms with van der Waals surface area (Å²) in [5.74, 6) is -1.03. The van der Waals surface area contributed by atoms with Crippen LogP contribution in [0.1, 0.15) is 123 Å². The van der Waals surface area contributed by atoms with Crippen LogP contribution in [0.5, 0.6) is 0 Å². The molecule has 0 rings (SSSR count). The standard InChI is InChI=1S/C33H57O9P/c1-3-5-7-9-11-12-14-16-20-24-30(34)25-21-17-15-19-22-26-32(35)40-28-31(29-41-43(37,38)39)42-33(36)27-23-18-13-10-8-6-4-2/h11-12,15-17,20-21,25,30-31,34H,3-10,13-14,18-19,22-24,26-29H2,1-2H3,(H2,37,38,39)/b12-11-,17-15+,20-16-,25-21-/t30?,31-/m1/s1. The SMILES string of the molecule is CCCCC/C=C\C/C=C\CC(O)/C=C\C=C\CCCC(=O)OC[C@H](COP(=O)(O)O)OC(=O)CCCCCCCCC. The molecule has 0 heterocycles. The van der Waals surface area contributed by atoms with Crippen molar-refractivity contribution < 1.29 is 43.0 Å². The molecule has 0 aromatic rings. The minimum Gasteiger partial charge on any atom is -0.462 e. The van der Waals surface area contributed by atoms with Gasteiger partial charge in [-0.2, -0.15) is 0 Å². The number of esters is 2. The van der Waals surface area contributed by atoms with Gasteiger partial charge in [-0.05, 0) is 44.9 Å². The maximum Gasteiger partial charge on any atom is 0.469 e. The molecule has 10 heteroatoms. The molecule has 2 atom stereocenters. The molecule has 0 saturated heterocycles. The van der Waals surface area contributed by atoms with Gasteiger partial charge in [0.05, 0.1) is 12.7 Å². The van der Waals surface area contributed by atoms with E-state index in [1.54, 1.807) is 12.2 Å². The van der Waals surface area contributed by atoms with Gasteiger partial charge in [-0.15, -0.1) is 0 Å². The molecule has 0 saturated carbocycles. The van der Waals surface area contributed by atoms with Crippen LogP contribution in [0.4, 0.5) is 0 Å². The molecule has 248 valence electrons. The molecule has 0 aliphatic carbocycles. The Balaban J connectivity index is 4.22. The highest BCUT2D eigenvalue weighted by molar-refractivity contribution is 7.46. The van der Waals surface area contributed by atoms with Crippen molar-refractivity contribution in [3.63, 3.8) is 0 Å². The zero-order valence-corrected chi connectivity index (χ0v) is 27.3. The molecule has 9 nitrogen and oxygen atoms in total. The summed E-state index contributed by atoms with van der Waals surface area (Å²) in [5, 5.41) is 10.0. The van der Waals surface area contributed by atoms with Gasteiger partial charge in [-0.3, -0.25) is 14.1 Å². The minimum absolute atomic E-state index is 0.132. The van der Waals surface area contributed by atoms with Crippen LogP contribution in [0.2, 0.25) is 0 Å². The van der Waals surface area contributed by atoms with Gasteiger partial charge in [0, 0.05) is 12.8 Å². The number of hydrogen-bond donors (Lipinski definition) is 3. The van der Waals surface area contributed by atoms with E-state index in [-0.39, 0.29) is 19.4 Å². The Hall–Kier alpha value is -2.03. The second-order valence-electron chi connectivity index (χ2n) is 10.6. The van der Waals surface area contributed by atoms with E-state index < -0.39 is 38.6 Å². The predicted octanol–water partition coefficient (Wildman–Crippen LogP) is 7.81. The topological polar surface area (TPSA) is 140 Å². The Kier molecular flexibility index (Phi) is 27.4. The molecule has 0 aromatic heterocycles. The van der Waals surface area contributed by atoms with Gasteiger partial charge >= 0.3 is 19.8 Å². The molecular formula is C33H57O9P. The third kappa shape index (κ3) is 31.2. The van der Waals surface area contributed by atoms with Gasteiger partial charge in [0.1, 0.15) is 6.61 Å². The van der Waals surface area contributed by atoms with Gasteiger partial charge in [0.25, 0.3) is 0 Å². The smallest absolute Gasteiger partial charge is 0.462 e. The van der Waals surface area contributed by atoms with Gasteiger partial charge in [-0.1, -0.05) is 114 Å². The lowest BCUT2D eigenvalue weighted by molar-refractivity contribution is -0.161. The van der Waals surface area contributed by atoms with E-state index in [2.05, 4.69) is 36.6 Å². The van der Waals surface area contributed by atoms with Crippen LogP contribution in [-0.2, 0) is 28.2 Å². The van der Waals surface area contributed by atoms with Crippen LogP contribution in [0.15, 0.2) is 48.6 Å². The average Bonchev–Trinajstić information content (AvgIpc) is 2.96. The first kappa shape index (κ1) is 41.0. The molecule has 0 radical (unpaired) electrons. The number of phosphoric ester groups is 1. The second-order valence-corrected chi connectivity index (χ2v) is 11.9. The largest absolute Gasteiger partial charge is 0.469 e. The number of hydrogen-bond acceptors (Lipinski definition) is 7. The van der Waals surface area contributed by atoms with Crippen molar-refractivity contribution in [1.29, 1.82) is 0 Å². The van der Waals surface area contributed by atoms with Crippen molar-refractivity contribution in [2.45, 2.75) is 135 Å². The number of phosphoric acid groups is 1. The quantitative estimate of drug-likeness (QED) is 0.0260. The van der Waals surface area contributed by atoms with E-state index >= 15 is 0 Å². The molecule has 3 N–H and O–H groups in total. The summed E-state index contributed by atoms with van der Waals surface area (Å²) in [7, 11) is -4.77. The molecule has 0 aliphatic heterocycles. The van der Waals surface area contributed by atoms with Gasteiger partial charge < -0.3 is 24.4 Å². The molecule has 0 amide bonds. The summed E-state index contributed by atoms with van der Waals surface area (Å²) < 4.78 is 26.0. The molecule has 43 heavy (non-hydrogen) atoms. The van der Waals surface area contributed by atoms with Crippen LogP contribution in [-0.4, -0.2) is 52.3 Å². The fraction of sp³-hybridized carbons (Fsp3) is 0.697. The van der Waals surface area contributed by atoms with Crippen molar-refractivity contribution in [3.05, 3.63) is 48.6 Å². The lowest BCUT2D eigenvalue weighted by Gasteiger charge is -2.18. The number of carbonyl (C=O) groups excluding carboxylic acids is 2. The minimum atomic E-state index is -4.77. The molecule has 0 spiro atoms. The highest BCUT2D eigenvalue weighted by Crippen LogP contribution is 2.35. The number of allylic oxidation sites excluding steroid dienone is 6. The van der Waals surface area contributed by atoms with Gasteiger partial charge in [0.2, 0.25) is 0 Å². The van der Waals surface area contributed by atoms with Crippen LogP contribution in [0.3, 0.4) is 0 Å². The van der Waals surface area contributed by atoms with E-state index in [9.17, 15) is 19.3 Å². The fourth-order valence-corrected chi connectivity index (χ4v) is 4.33. The number of aliphatic hydroxyl groups excluding tert-OH is 1. The maximum absolute atomic E-state index is 12.2. The fourth-order valence-electron chi connectivity index (χ4n) is 3.97. The van der Waals surface area contributed by atoms with Crippen LogP contribution < -0.4 is 0 Å². The highest BCUT2D eigenvalue weighted by atomic mass is 31.2. The predicted molar refractivity (Wildman–Crippen MR) is 171 cm³/mol. The first-order valence-corrected chi connectivity index (χ1v) is 17.6. The Morgan fingerprint density at radius 1 is 0.721 bits per heavy atom. The number of rotatable bonds is 28. The zero-order chi connectivity index (χ0) is 32.0. The zero-order valence-electron chi connectivity index (χ0n) is 26.4. The van der Waals surface area contributed by atoms with Crippen molar-refractivity contribution >= 4 is 19.8 Å². The third-order valence-electron chi connectivity index (χ3n) is 6.43. The monoisotopic (exact) mass is 628 g/mol. The number of aliphatic hydroxyl groups is 1. The normalized spacial score (nSPS) is 13.9. The summed E-state index contributed by atoms with van der Waals surface area (Å²) in [5.41, 5.74) is 0. The van der Waals surface area contributed by atoms with Crippen LogP contribution >= 0.6 is 7.82 Å². The van der Waals surface area contributed by atoms with E-state index in [0.717, 1.165) is 32.1 Å². The number of ether oxygens (including phenoxy) is 2. The summed E-state index contributed by atoms with van der Waals surface area (Å²) in [6, 6.07) is 0. The van der Waals surface area contributed by atoms with Crippen LogP contribution in [0, 0.1) is 0 Å². The van der Waals surface area contributed by atoms with Crippen LogP contribution in [0.25, 0.3) is 0 Å². The number of unbranched alkanes of at least 4 members (excludes halogenated alkanes) is 10.